The lowest BCUT2D eigenvalue weighted by Crippen LogP contribution is -2.34. The number of amides is 1. The highest BCUT2D eigenvalue weighted by molar-refractivity contribution is 7.90. The molecule has 6 nitrogen and oxygen atoms in total. The number of hydrogen-bond donors (Lipinski definition) is 2. The molecule has 0 radical (unpaired) electrons. The van der Waals surface area contributed by atoms with Gasteiger partial charge < -0.3 is 10.5 Å². The molecule has 0 saturated carbocycles. The number of sulfonamides is 1. The Hall–Kier alpha value is -2.38. The number of hydrogen-bond acceptors (Lipinski definition) is 5. The van der Waals surface area contributed by atoms with Gasteiger partial charge in [-0.2, -0.15) is 0 Å². The zero-order valence-corrected chi connectivity index (χ0v) is 12.5. The van der Waals surface area contributed by atoms with Gasteiger partial charge in [-0.15, -0.1) is 0 Å². The molecular weight excluding hydrogens is 304 g/mol. The summed E-state index contributed by atoms with van der Waals surface area (Å²) in [6.45, 7) is -0.0677. The molecule has 0 saturated heterocycles. The third-order valence-electron chi connectivity index (χ3n) is 2.83. The Bertz CT molecular complexity index is 728. The molecule has 2 rings (SSSR count). The second-order valence-corrected chi connectivity index (χ2v) is 6.16. The fourth-order valence-corrected chi connectivity index (χ4v) is 2.68. The van der Waals surface area contributed by atoms with Crippen LogP contribution in [0, 0.1) is 0 Å². The van der Waals surface area contributed by atoms with E-state index >= 15 is 0 Å². The number of rotatable bonds is 6. The lowest BCUT2D eigenvalue weighted by atomic mass is 10.2. The SMILES string of the molecule is NCc1ccc(S(=O)(=O)NC(=O)COc2ccccc2)cc1. The number of carbonyl (C=O) groups is 1. The molecule has 0 fully saturated rings. The minimum Gasteiger partial charge on any atom is -0.484 e. The van der Waals surface area contributed by atoms with Crippen molar-refractivity contribution >= 4 is 15.9 Å². The molecule has 0 aliphatic rings. The van der Waals surface area contributed by atoms with E-state index in [1.54, 1.807) is 36.4 Å². The van der Waals surface area contributed by atoms with Gasteiger partial charge in [0.25, 0.3) is 15.9 Å². The molecule has 0 aliphatic carbocycles. The molecule has 0 spiro atoms. The normalized spacial score (nSPS) is 11.0. The largest absolute Gasteiger partial charge is 0.484 e. The molecule has 22 heavy (non-hydrogen) atoms. The Morgan fingerprint density at radius 2 is 1.68 bits per heavy atom. The van der Waals surface area contributed by atoms with Crippen LogP contribution in [-0.4, -0.2) is 20.9 Å². The molecule has 0 heterocycles. The average Bonchev–Trinajstić information content (AvgIpc) is 2.53. The van der Waals surface area contributed by atoms with E-state index in [9.17, 15) is 13.2 Å². The predicted molar refractivity (Wildman–Crippen MR) is 81.6 cm³/mol. The summed E-state index contributed by atoms with van der Waals surface area (Å²) in [5, 5.41) is 0. The van der Waals surface area contributed by atoms with Gasteiger partial charge in [0, 0.05) is 6.54 Å². The summed E-state index contributed by atoms with van der Waals surface area (Å²) in [4.78, 5) is 11.7. The first-order valence-corrected chi connectivity index (χ1v) is 8.02. The van der Waals surface area contributed by atoms with Crippen molar-refractivity contribution in [2.45, 2.75) is 11.4 Å². The minimum atomic E-state index is -3.91. The monoisotopic (exact) mass is 320 g/mol. The van der Waals surface area contributed by atoms with E-state index in [1.807, 2.05) is 10.8 Å². The van der Waals surface area contributed by atoms with E-state index < -0.39 is 15.9 Å². The number of para-hydroxylation sites is 1. The maximum absolute atomic E-state index is 12.0. The number of benzene rings is 2. The summed E-state index contributed by atoms with van der Waals surface area (Å²) in [7, 11) is -3.91. The second-order valence-electron chi connectivity index (χ2n) is 4.48. The summed E-state index contributed by atoms with van der Waals surface area (Å²) in [5.74, 6) is -0.255. The predicted octanol–water partition coefficient (Wildman–Crippen LogP) is 1.03. The van der Waals surface area contributed by atoms with Crippen LogP contribution in [0.5, 0.6) is 5.75 Å². The quantitative estimate of drug-likeness (QED) is 0.828. The highest BCUT2D eigenvalue weighted by Crippen LogP contribution is 2.11. The van der Waals surface area contributed by atoms with Crippen LogP contribution in [-0.2, 0) is 21.4 Å². The molecule has 0 aromatic heterocycles. The molecule has 2 aromatic rings. The topological polar surface area (TPSA) is 98.5 Å². The second kappa shape index (κ2) is 7.06. The Morgan fingerprint density at radius 1 is 1.05 bits per heavy atom. The van der Waals surface area contributed by atoms with E-state index in [4.69, 9.17) is 10.5 Å². The van der Waals surface area contributed by atoms with Crippen molar-refractivity contribution in [2.24, 2.45) is 5.73 Å². The number of nitrogens with two attached hydrogens (primary N) is 1. The van der Waals surface area contributed by atoms with Crippen LogP contribution in [0.3, 0.4) is 0 Å². The van der Waals surface area contributed by atoms with Crippen molar-refractivity contribution in [1.82, 2.24) is 4.72 Å². The molecule has 0 atom stereocenters. The van der Waals surface area contributed by atoms with Crippen molar-refractivity contribution in [3.8, 4) is 5.75 Å². The summed E-state index contributed by atoms with van der Waals surface area (Å²) in [5.41, 5.74) is 6.25. The lowest BCUT2D eigenvalue weighted by molar-refractivity contribution is -0.121. The first-order chi connectivity index (χ1) is 10.5. The van der Waals surface area contributed by atoms with Gasteiger partial charge in [0.15, 0.2) is 6.61 Å². The first-order valence-electron chi connectivity index (χ1n) is 6.54. The van der Waals surface area contributed by atoms with Crippen LogP contribution >= 0.6 is 0 Å². The standard InChI is InChI=1S/C15H16N2O4S/c16-10-12-6-8-14(9-7-12)22(19,20)17-15(18)11-21-13-4-2-1-3-5-13/h1-9H,10-11,16H2,(H,17,18). The summed E-state index contributed by atoms with van der Waals surface area (Å²) < 4.78 is 31.2. The average molecular weight is 320 g/mol. The van der Waals surface area contributed by atoms with Crippen molar-refractivity contribution in [2.75, 3.05) is 6.61 Å². The zero-order chi connectivity index (χ0) is 16.0. The molecule has 7 heteroatoms. The van der Waals surface area contributed by atoms with Gasteiger partial charge in [0.1, 0.15) is 5.75 Å². The minimum absolute atomic E-state index is 0.00207. The van der Waals surface area contributed by atoms with Crippen LogP contribution in [0.15, 0.2) is 59.5 Å². The Morgan fingerprint density at radius 3 is 2.27 bits per heavy atom. The first kappa shape index (κ1) is 16.0. The van der Waals surface area contributed by atoms with Gasteiger partial charge in [-0.05, 0) is 29.8 Å². The van der Waals surface area contributed by atoms with Crippen molar-refractivity contribution in [3.63, 3.8) is 0 Å². The molecule has 116 valence electrons. The molecule has 0 aliphatic heterocycles. The third-order valence-corrected chi connectivity index (χ3v) is 4.22. The van der Waals surface area contributed by atoms with E-state index in [1.165, 1.54) is 12.1 Å². The van der Waals surface area contributed by atoms with Crippen LogP contribution in [0.4, 0.5) is 0 Å². The number of ether oxygens (including phenoxy) is 1. The molecule has 2 aromatic carbocycles. The fraction of sp³-hybridized carbons (Fsp3) is 0.133. The van der Waals surface area contributed by atoms with Gasteiger partial charge in [-0.25, -0.2) is 13.1 Å². The summed E-state index contributed by atoms with van der Waals surface area (Å²) >= 11 is 0. The van der Waals surface area contributed by atoms with Gasteiger partial charge >= 0.3 is 0 Å². The Labute approximate surface area is 129 Å². The van der Waals surface area contributed by atoms with Crippen LogP contribution in [0.1, 0.15) is 5.56 Å². The van der Waals surface area contributed by atoms with E-state index in [0.717, 1.165) is 5.56 Å². The Balaban J connectivity index is 1.97. The maximum Gasteiger partial charge on any atom is 0.271 e. The van der Waals surface area contributed by atoms with Crippen molar-refractivity contribution in [3.05, 3.63) is 60.2 Å². The fourth-order valence-electron chi connectivity index (χ4n) is 1.71. The summed E-state index contributed by atoms with van der Waals surface area (Å²) in [6, 6.07) is 14.7. The highest BCUT2D eigenvalue weighted by Gasteiger charge is 2.17. The van der Waals surface area contributed by atoms with Gasteiger partial charge in [0.2, 0.25) is 0 Å². The lowest BCUT2D eigenvalue weighted by Gasteiger charge is -2.08. The van der Waals surface area contributed by atoms with Gasteiger partial charge in [-0.3, -0.25) is 4.79 Å². The zero-order valence-electron chi connectivity index (χ0n) is 11.7. The van der Waals surface area contributed by atoms with Crippen LogP contribution < -0.4 is 15.2 Å². The maximum atomic E-state index is 12.0. The number of nitrogens with one attached hydrogen (secondary N) is 1. The molecule has 1 amide bonds. The smallest absolute Gasteiger partial charge is 0.271 e. The van der Waals surface area contributed by atoms with E-state index in [0.29, 0.717) is 12.3 Å². The molecular formula is C15H16N2O4S. The highest BCUT2D eigenvalue weighted by atomic mass is 32.2. The number of carbonyl (C=O) groups excluding carboxylic acids is 1. The third kappa shape index (κ3) is 4.31. The van der Waals surface area contributed by atoms with E-state index in [-0.39, 0.29) is 11.5 Å². The van der Waals surface area contributed by atoms with Crippen molar-refractivity contribution < 1.29 is 17.9 Å². The van der Waals surface area contributed by atoms with E-state index in [2.05, 4.69) is 0 Å². The van der Waals surface area contributed by atoms with Crippen LogP contribution in [0.25, 0.3) is 0 Å². The molecule has 3 N–H and O–H groups in total. The molecule has 0 unspecified atom stereocenters. The van der Waals surface area contributed by atoms with Gasteiger partial charge in [0.05, 0.1) is 4.90 Å². The van der Waals surface area contributed by atoms with Gasteiger partial charge in [-0.1, -0.05) is 30.3 Å². The molecule has 0 bridgehead atoms. The Kier molecular flexibility index (Phi) is 5.13. The summed E-state index contributed by atoms with van der Waals surface area (Å²) in [6.07, 6.45) is 0. The van der Waals surface area contributed by atoms with Crippen molar-refractivity contribution in [1.29, 1.82) is 0 Å². The van der Waals surface area contributed by atoms with Crippen LogP contribution in [0.2, 0.25) is 0 Å².